The summed E-state index contributed by atoms with van der Waals surface area (Å²) in [6, 6.07) is 14.9. The third kappa shape index (κ3) is 3.30. The maximum Gasteiger partial charge on any atom is 0.329 e. The number of para-hydroxylation sites is 1. The summed E-state index contributed by atoms with van der Waals surface area (Å²) in [5.74, 6) is 0. The topological polar surface area (TPSA) is 68.8 Å². The van der Waals surface area contributed by atoms with Gasteiger partial charge < -0.3 is 4.90 Å². The largest absolute Gasteiger partial charge is 0.329 e. The monoisotopic (exact) mass is 452 g/mol. The predicted molar refractivity (Wildman–Crippen MR) is 136 cm³/mol. The molecule has 1 saturated carbocycles. The minimum Gasteiger partial charge on any atom is -0.306 e. The fourth-order valence-electron chi connectivity index (χ4n) is 5.43. The van der Waals surface area contributed by atoms with Crippen molar-refractivity contribution >= 4 is 33.0 Å². The quantitative estimate of drug-likeness (QED) is 0.402. The molecule has 1 aliphatic carbocycles. The summed E-state index contributed by atoms with van der Waals surface area (Å²) >= 11 is 0. The molecule has 34 heavy (non-hydrogen) atoms. The maximum absolute atomic E-state index is 13.4. The molecule has 0 bridgehead atoms. The molecule has 0 amide bonds. The summed E-state index contributed by atoms with van der Waals surface area (Å²) in [6.07, 6.45) is 7.82. The van der Waals surface area contributed by atoms with Crippen molar-refractivity contribution < 1.29 is 0 Å². The highest BCUT2D eigenvalue weighted by atomic mass is 16.1. The van der Waals surface area contributed by atoms with Crippen LogP contribution in [0.4, 0.5) is 0 Å². The molecule has 0 saturated heterocycles. The number of benzene rings is 1. The normalized spacial score (nSPS) is 18.9. The van der Waals surface area contributed by atoms with Crippen molar-refractivity contribution in [2.75, 3.05) is 14.1 Å². The van der Waals surface area contributed by atoms with Crippen molar-refractivity contribution in [1.29, 1.82) is 0 Å². The molecule has 1 aliphatic rings. The standard InChI is InChI=1S/C27H28N6O/c1-31(2)19-8-10-20(11-9-19)33-26-24(32(3)27(33)34)16-29-23-13-12-22(30-25(23)26)18-14-17-6-4-5-7-21(17)28-15-18/h4-7,12-16,19-20H,8-11H2,1-3H3/t19-,20-. The highest BCUT2D eigenvalue weighted by Gasteiger charge is 2.28. The van der Waals surface area contributed by atoms with Crippen LogP contribution in [0.1, 0.15) is 31.7 Å². The molecule has 0 atom stereocenters. The van der Waals surface area contributed by atoms with Gasteiger partial charge in [0.2, 0.25) is 0 Å². The molecule has 4 heterocycles. The molecule has 7 nitrogen and oxygen atoms in total. The Labute approximate surface area is 197 Å². The van der Waals surface area contributed by atoms with E-state index in [0.29, 0.717) is 6.04 Å². The van der Waals surface area contributed by atoms with Crippen molar-refractivity contribution in [1.82, 2.24) is 29.0 Å². The first-order valence-electron chi connectivity index (χ1n) is 11.9. The number of rotatable bonds is 3. The van der Waals surface area contributed by atoms with Crippen LogP contribution in [0, 0.1) is 0 Å². The van der Waals surface area contributed by atoms with E-state index >= 15 is 0 Å². The lowest BCUT2D eigenvalue weighted by molar-refractivity contribution is 0.195. The Hall–Kier alpha value is -3.58. The Morgan fingerprint density at radius 2 is 1.71 bits per heavy atom. The van der Waals surface area contributed by atoms with E-state index in [2.05, 4.69) is 41.1 Å². The van der Waals surface area contributed by atoms with Crippen molar-refractivity contribution in [3.8, 4) is 11.3 Å². The third-order valence-corrected chi connectivity index (χ3v) is 7.41. The number of hydrogen-bond acceptors (Lipinski definition) is 5. The molecule has 0 aliphatic heterocycles. The Balaban J connectivity index is 1.52. The van der Waals surface area contributed by atoms with Crippen molar-refractivity contribution in [2.45, 2.75) is 37.8 Å². The van der Waals surface area contributed by atoms with Gasteiger partial charge >= 0.3 is 5.69 Å². The van der Waals surface area contributed by atoms with Crippen LogP contribution in [0.5, 0.6) is 0 Å². The number of hydrogen-bond donors (Lipinski definition) is 0. The Bertz CT molecular complexity index is 1590. The summed E-state index contributed by atoms with van der Waals surface area (Å²) < 4.78 is 3.70. The number of nitrogens with zero attached hydrogens (tertiary/aromatic N) is 6. The fraction of sp³-hybridized carbons (Fsp3) is 0.333. The molecule has 6 rings (SSSR count). The molecule has 0 N–H and O–H groups in total. The molecule has 1 fully saturated rings. The summed E-state index contributed by atoms with van der Waals surface area (Å²) in [5, 5.41) is 1.08. The Kier molecular flexibility index (Phi) is 4.95. The molecule has 5 aromatic rings. The zero-order chi connectivity index (χ0) is 23.4. The van der Waals surface area contributed by atoms with E-state index in [1.165, 1.54) is 0 Å². The first-order chi connectivity index (χ1) is 16.5. The van der Waals surface area contributed by atoms with Crippen LogP contribution in [0.2, 0.25) is 0 Å². The van der Waals surface area contributed by atoms with Crippen LogP contribution in [0.3, 0.4) is 0 Å². The zero-order valence-corrected chi connectivity index (χ0v) is 19.8. The van der Waals surface area contributed by atoms with Crippen molar-refractivity contribution in [3.63, 3.8) is 0 Å². The van der Waals surface area contributed by atoms with Crippen molar-refractivity contribution in [3.05, 3.63) is 65.3 Å². The lowest BCUT2D eigenvalue weighted by Gasteiger charge is -2.33. The van der Waals surface area contributed by atoms with Gasteiger partial charge in [-0.2, -0.15) is 0 Å². The van der Waals surface area contributed by atoms with Crippen LogP contribution in [0.15, 0.2) is 59.7 Å². The summed E-state index contributed by atoms with van der Waals surface area (Å²) in [7, 11) is 6.11. The van der Waals surface area contributed by atoms with E-state index in [1.807, 2.05) is 48.1 Å². The molecule has 1 aromatic carbocycles. The van der Waals surface area contributed by atoms with Gasteiger partial charge in [-0.05, 0) is 64.0 Å². The number of pyridine rings is 3. The van der Waals surface area contributed by atoms with E-state index < -0.39 is 0 Å². The van der Waals surface area contributed by atoms with Gasteiger partial charge in [0, 0.05) is 36.3 Å². The lowest BCUT2D eigenvalue weighted by Crippen LogP contribution is -2.35. The molecular weight excluding hydrogens is 424 g/mol. The van der Waals surface area contributed by atoms with E-state index in [-0.39, 0.29) is 11.7 Å². The van der Waals surface area contributed by atoms with E-state index in [9.17, 15) is 4.79 Å². The first-order valence-corrected chi connectivity index (χ1v) is 11.9. The first kappa shape index (κ1) is 21.0. The number of fused-ring (bicyclic) bond motifs is 4. The Morgan fingerprint density at radius 1 is 0.941 bits per heavy atom. The zero-order valence-electron chi connectivity index (χ0n) is 19.8. The number of imidazole rings is 1. The minimum absolute atomic E-state index is 0.0113. The van der Waals surface area contributed by atoms with Crippen LogP contribution >= 0.6 is 0 Å². The summed E-state index contributed by atoms with van der Waals surface area (Å²) in [6.45, 7) is 0. The average Bonchev–Trinajstić information content (AvgIpc) is 3.13. The van der Waals surface area contributed by atoms with E-state index in [0.717, 1.165) is 69.9 Å². The third-order valence-electron chi connectivity index (χ3n) is 7.41. The number of aromatic nitrogens is 5. The molecule has 0 radical (unpaired) electrons. The minimum atomic E-state index is 0.0113. The van der Waals surface area contributed by atoms with Gasteiger partial charge in [-0.15, -0.1) is 0 Å². The summed E-state index contributed by atoms with van der Waals surface area (Å²) in [4.78, 5) is 30.0. The van der Waals surface area contributed by atoms with Crippen LogP contribution in [-0.4, -0.2) is 49.1 Å². The lowest BCUT2D eigenvalue weighted by atomic mass is 9.90. The second-order valence-corrected chi connectivity index (χ2v) is 9.61. The van der Waals surface area contributed by atoms with E-state index in [4.69, 9.17) is 4.98 Å². The molecule has 0 spiro atoms. The van der Waals surface area contributed by atoms with Crippen molar-refractivity contribution in [2.24, 2.45) is 7.05 Å². The Morgan fingerprint density at radius 3 is 2.50 bits per heavy atom. The smallest absolute Gasteiger partial charge is 0.306 e. The van der Waals surface area contributed by atoms with Gasteiger partial charge in [0.05, 0.1) is 34.0 Å². The molecule has 0 unspecified atom stereocenters. The van der Waals surface area contributed by atoms with Crippen LogP contribution in [0.25, 0.3) is 44.2 Å². The second-order valence-electron chi connectivity index (χ2n) is 9.61. The number of aryl methyl sites for hydroxylation is 1. The predicted octanol–water partition coefficient (Wildman–Crippen LogP) is 4.54. The summed E-state index contributed by atoms with van der Waals surface area (Å²) in [5.41, 5.74) is 6.04. The highest BCUT2D eigenvalue weighted by molar-refractivity contribution is 6.00. The van der Waals surface area contributed by atoms with Gasteiger partial charge in [0.25, 0.3) is 0 Å². The molecule has 7 heteroatoms. The molecule has 172 valence electrons. The van der Waals surface area contributed by atoms with Gasteiger partial charge in [-0.3, -0.25) is 19.1 Å². The SMILES string of the molecule is Cn1c(=O)n([C@H]2CC[C@H](N(C)C)CC2)c2c3nc(-c4cnc5ccccc5c4)ccc3ncc21. The second kappa shape index (κ2) is 8.02. The van der Waals surface area contributed by atoms with Gasteiger partial charge in [-0.1, -0.05) is 18.2 Å². The van der Waals surface area contributed by atoms with Crippen LogP contribution < -0.4 is 5.69 Å². The van der Waals surface area contributed by atoms with Gasteiger partial charge in [-0.25, -0.2) is 9.78 Å². The molecular formula is C27H28N6O. The van der Waals surface area contributed by atoms with Gasteiger partial charge in [0.15, 0.2) is 0 Å². The van der Waals surface area contributed by atoms with Crippen LogP contribution in [-0.2, 0) is 7.05 Å². The average molecular weight is 453 g/mol. The fourth-order valence-corrected chi connectivity index (χ4v) is 5.43. The molecule has 4 aromatic heterocycles. The van der Waals surface area contributed by atoms with Gasteiger partial charge in [0.1, 0.15) is 5.52 Å². The van der Waals surface area contributed by atoms with E-state index in [1.54, 1.807) is 10.8 Å². The highest BCUT2D eigenvalue weighted by Crippen LogP contribution is 2.34. The maximum atomic E-state index is 13.4.